The SMILES string of the molecule is CCN1CCC(O)(c2ccc(OC3CC3)cc2)CC1. The molecule has 1 N–H and O–H groups in total. The molecule has 0 amide bonds. The fraction of sp³-hybridized carbons (Fsp3) is 0.625. The van der Waals surface area contributed by atoms with Gasteiger partial charge in [0.1, 0.15) is 5.75 Å². The van der Waals surface area contributed by atoms with E-state index in [0.717, 1.165) is 43.8 Å². The molecule has 104 valence electrons. The number of rotatable bonds is 4. The molecule has 1 aromatic carbocycles. The van der Waals surface area contributed by atoms with E-state index in [2.05, 4.69) is 11.8 Å². The second-order valence-corrected chi connectivity index (χ2v) is 5.81. The van der Waals surface area contributed by atoms with E-state index in [0.29, 0.717) is 6.10 Å². The molecule has 0 atom stereocenters. The Morgan fingerprint density at radius 1 is 1.21 bits per heavy atom. The zero-order valence-electron chi connectivity index (χ0n) is 11.6. The molecule has 0 bridgehead atoms. The monoisotopic (exact) mass is 261 g/mol. The minimum Gasteiger partial charge on any atom is -0.490 e. The Labute approximate surface area is 115 Å². The van der Waals surface area contributed by atoms with E-state index in [9.17, 15) is 5.11 Å². The molecule has 1 heterocycles. The normalized spacial score (nSPS) is 23.3. The van der Waals surface area contributed by atoms with Gasteiger partial charge in [-0.3, -0.25) is 0 Å². The Bertz CT molecular complexity index is 417. The van der Waals surface area contributed by atoms with Gasteiger partial charge in [0, 0.05) is 13.1 Å². The number of nitrogens with zero attached hydrogens (tertiary/aromatic N) is 1. The molecule has 3 nitrogen and oxygen atoms in total. The molecular formula is C16H23NO2. The van der Waals surface area contributed by atoms with Crippen molar-refractivity contribution in [3.63, 3.8) is 0 Å². The van der Waals surface area contributed by atoms with E-state index in [1.165, 1.54) is 12.8 Å². The highest BCUT2D eigenvalue weighted by Crippen LogP contribution is 2.34. The first-order chi connectivity index (χ1) is 9.19. The standard InChI is InChI=1S/C16H23NO2/c1-2-17-11-9-16(18,10-12-17)13-3-5-14(6-4-13)19-15-7-8-15/h3-6,15,18H,2,7-12H2,1H3. The molecule has 2 aliphatic rings. The Balaban J connectivity index is 1.67. The molecule has 1 saturated heterocycles. The van der Waals surface area contributed by atoms with E-state index in [1.807, 2.05) is 24.3 Å². The topological polar surface area (TPSA) is 32.7 Å². The molecule has 1 aliphatic carbocycles. The smallest absolute Gasteiger partial charge is 0.119 e. The highest BCUT2D eigenvalue weighted by molar-refractivity contribution is 5.31. The predicted octanol–water partition coefficient (Wildman–Crippen LogP) is 2.53. The number of aliphatic hydroxyl groups is 1. The largest absolute Gasteiger partial charge is 0.490 e. The maximum atomic E-state index is 10.8. The Morgan fingerprint density at radius 3 is 2.37 bits per heavy atom. The van der Waals surface area contributed by atoms with Crippen molar-refractivity contribution in [3.8, 4) is 5.75 Å². The summed E-state index contributed by atoms with van der Waals surface area (Å²) in [5.41, 5.74) is 0.385. The van der Waals surface area contributed by atoms with Crippen molar-refractivity contribution in [1.82, 2.24) is 4.90 Å². The molecule has 0 aromatic heterocycles. The first-order valence-corrected chi connectivity index (χ1v) is 7.41. The van der Waals surface area contributed by atoms with E-state index < -0.39 is 5.60 Å². The quantitative estimate of drug-likeness (QED) is 0.904. The van der Waals surface area contributed by atoms with Crippen LogP contribution < -0.4 is 4.74 Å². The summed E-state index contributed by atoms with van der Waals surface area (Å²) in [4.78, 5) is 2.39. The van der Waals surface area contributed by atoms with Gasteiger partial charge in [-0.15, -0.1) is 0 Å². The Morgan fingerprint density at radius 2 is 1.84 bits per heavy atom. The van der Waals surface area contributed by atoms with Gasteiger partial charge in [0.2, 0.25) is 0 Å². The second-order valence-electron chi connectivity index (χ2n) is 5.81. The summed E-state index contributed by atoms with van der Waals surface area (Å²) < 4.78 is 5.75. The van der Waals surface area contributed by atoms with Gasteiger partial charge in [-0.05, 0) is 49.9 Å². The maximum Gasteiger partial charge on any atom is 0.119 e. The molecule has 19 heavy (non-hydrogen) atoms. The van der Waals surface area contributed by atoms with Gasteiger partial charge < -0.3 is 14.7 Å². The number of hydrogen-bond donors (Lipinski definition) is 1. The Hall–Kier alpha value is -1.06. The third-order valence-electron chi connectivity index (χ3n) is 4.35. The van der Waals surface area contributed by atoms with E-state index in [1.54, 1.807) is 0 Å². The average Bonchev–Trinajstić information content (AvgIpc) is 3.24. The van der Waals surface area contributed by atoms with Gasteiger partial charge in [-0.25, -0.2) is 0 Å². The number of likely N-dealkylation sites (tertiary alicyclic amines) is 1. The average molecular weight is 261 g/mol. The molecule has 1 saturated carbocycles. The van der Waals surface area contributed by atoms with Crippen molar-refractivity contribution in [2.45, 2.75) is 44.3 Å². The molecule has 3 rings (SSSR count). The number of benzene rings is 1. The fourth-order valence-corrected chi connectivity index (χ4v) is 2.75. The lowest BCUT2D eigenvalue weighted by Crippen LogP contribution is -2.42. The predicted molar refractivity (Wildman–Crippen MR) is 75.3 cm³/mol. The molecule has 0 radical (unpaired) electrons. The van der Waals surface area contributed by atoms with Crippen molar-refractivity contribution in [2.24, 2.45) is 0 Å². The lowest BCUT2D eigenvalue weighted by atomic mass is 9.84. The minimum absolute atomic E-state index is 0.432. The molecule has 2 fully saturated rings. The van der Waals surface area contributed by atoms with Crippen LogP contribution in [0.1, 0.15) is 38.2 Å². The zero-order chi connectivity index (χ0) is 13.3. The highest BCUT2D eigenvalue weighted by atomic mass is 16.5. The summed E-state index contributed by atoms with van der Waals surface area (Å²) in [7, 11) is 0. The molecule has 0 unspecified atom stereocenters. The molecule has 0 spiro atoms. The van der Waals surface area contributed by atoms with E-state index >= 15 is 0 Å². The fourth-order valence-electron chi connectivity index (χ4n) is 2.75. The van der Waals surface area contributed by atoms with Crippen LogP contribution in [-0.2, 0) is 5.60 Å². The van der Waals surface area contributed by atoms with Crippen LogP contribution >= 0.6 is 0 Å². The van der Waals surface area contributed by atoms with Crippen LogP contribution in [-0.4, -0.2) is 35.7 Å². The summed E-state index contributed by atoms with van der Waals surface area (Å²) in [6.45, 7) is 5.21. The lowest BCUT2D eigenvalue weighted by molar-refractivity contribution is -0.0247. The van der Waals surface area contributed by atoms with Crippen LogP contribution in [0.5, 0.6) is 5.75 Å². The van der Waals surface area contributed by atoms with Gasteiger partial charge in [-0.1, -0.05) is 19.1 Å². The molecular weight excluding hydrogens is 238 g/mol. The van der Waals surface area contributed by atoms with Gasteiger partial charge in [0.25, 0.3) is 0 Å². The third-order valence-corrected chi connectivity index (χ3v) is 4.35. The summed E-state index contributed by atoms with van der Waals surface area (Å²) >= 11 is 0. The zero-order valence-corrected chi connectivity index (χ0v) is 11.6. The summed E-state index contributed by atoms with van der Waals surface area (Å²) in [6, 6.07) is 8.05. The Kier molecular flexibility index (Phi) is 3.50. The summed E-state index contributed by atoms with van der Waals surface area (Å²) in [5, 5.41) is 10.8. The van der Waals surface area contributed by atoms with Crippen LogP contribution in [0.15, 0.2) is 24.3 Å². The van der Waals surface area contributed by atoms with Gasteiger partial charge in [-0.2, -0.15) is 0 Å². The van der Waals surface area contributed by atoms with Gasteiger partial charge >= 0.3 is 0 Å². The maximum absolute atomic E-state index is 10.8. The van der Waals surface area contributed by atoms with Crippen LogP contribution in [0, 0.1) is 0 Å². The molecule has 3 heteroatoms. The second kappa shape index (κ2) is 5.14. The number of ether oxygens (including phenoxy) is 1. The number of hydrogen-bond acceptors (Lipinski definition) is 3. The van der Waals surface area contributed by atoms with Crippen molar-refractivity contribution < 1.29 is 9.84 Å². The minimum atomic E-state index is -0.649. The van der Waals surface area contributed by atoms with E-state index in [-0.39, 0.29) is 0 Å². The summed E-state index contributed by atoms with van der Waals surface area (Å²) in [5.74, 6) is 0.931. The van der Waals surface area contributed by atoms with Crippen molar-refractivity contribution in [3.05, 3.63) is 29.8 Å². The third kappa shape index (κ3) is 2.93. The first-order valence-electron chi connectivity index (χ1n) is 7.41. The van der Waals surface area contributed by atoms with E-state index in [4.69, 9.17) is 4.74 Å². The lowest BCUT2D eigenvalue weighted by Gasteiger charge is -2.38. The van der Waals surface area contributed by atoms with Gasteiger partial charge in [0.15, 0.2) is 0 Å². The van der Waals surface area contributed by atoms with Crippen molar-refractivity contribution >= 4 is 0 Å². The van der Waals surface area contributed by atoms with Crippen molar-refractivity contribution in [2.75, 3.05) is 19.6 Å². The van der Waals surface area contributed by atoms with Crippen LogP contribution in [0.4, 0.5) is 0 Å². The highest BCUT2D eigenvalue weighted by Gasteiger charge is 2.33. The van der Waals surface area contributed by atoms with Gasteiger partial charge in [0.05, 0.1) is 11.7 Å². The molecule has 1 aromatic rings. The van der Waals surface area contributed by atoms with Crippen molar-refractivity contribution in [1.29, 1.82) is 0 Å². The van der Waals surface area contributed by atoms with Crippen LogP contribution in [0.25, 0.3) is 0 Å². The number of piperidine rings is 1. The summed E-state index contributed by atoms with van der Waals surface area (Å²) in [6.07, 6.45) is 4.44. The van der Waals surface area contributed by atoms with Crippen LogP contribution in [0.3, 0.4) is 0 Å². The van der Waals surface area contributed by atoms with Crippen LogP contribution in [0.2, 0.25) is 0 Å². The molecule has 1 aliphatic heterocycles. The first kappa shape index (κ1) is 12.9.